The van der Waals surface area contributed by atoms with Gasteiger partial charge in [0.2, 0.25) is 0 Å². The van der Waals surface area contributed by atoms with Crippen LogP contribution in [0.25, 0.3) is 65.3 Å². The molecule has 0 aliphatic heterocycles. The fourth-order valence-corrected chi connectivity index (χ4v) is 12.1. The number of nitrogens with zero attached hydrogens (tertiary/aromatic N) is 2. The Kier molecular flexibility index (Phi) is 8.59. The van der Waals surface area contributed by atoms with E-state index < -0.39 is 5.41 Å². The molecule has 14 rings (SSSR count). The molecule has 68 heavy (non-hydrogen) atoms. The summed E-state index contributed by atoms with van der Waals surface area (Å²) >= 11 is 6.71. The first kappa shape index (κ1) is 38.8. The molecule has 318 valence electrons. The average Bonchev–Trinajstić information content (AvgIpc) is 3.88. The monoisotopic (exact) mass is 884 g/mol. The van der Waals surface area contributed by atoms with Crippen molar-refractivity contribution in [3.05, 3.63) is 276 Å². The number of anilines is 6. The van der Waals surface area contributed by atoms with Gasteiger partial charge in [0, 0.05) is 38.8 Å². The number of halogens is 1. The molecule has 12 aromatic carbocycles. The zero-order valence-electron chi connectivity index (χ0n) is 36.9. The lowest BCUT2D eigenvalue weighted by Crippen LogP contribution is -2.26. The van der Waals surface area contributed by atoms with Gasteiger partial charge in [-0.3, -0.25) is 0 Å². The lowest BCUT2D eigenvalue weighted by molar-refractivity contribution is 0.796. The van der Waals surface area contributed by atoms with Crippen LogP contribution in [0.5, 0.6) is 0 Å². The fourth-order valence-electron chi connectivity index (χ4n) is 12.0. The SMILES string of the molecule is Clc1cccc(N(c2ccccc2)c2cccc(N(c3ccccc3)c3cc4c(c5ccccc35)-c3c(ccc5ccccc35)C43c4ccc5ccccc5c4-c4c3ccc3ccccc43)c2)c1. The van der Waals surface area contributed by atoms with Crippen molar-refractivity contribution in [1.29, 1.82) is 0 Å². The minimum atomic E-state index is -0.632. The third-order valence-electron chi connectivity index (χ3n) is 14.6. The number of hydrogen-bond donors (Lipinski definition) is 0. The molecular formula is C65H41ClN2. The Morgan fingerprint density at radius 2 is 0.647 bits per heavy atom. The van der Waals surface area contributed by atoms with Gasteiger partial charge >= 0.3 is 0 Å². The highest BCUT2D eigenvalue weighted by Gasteiger charge is 2.54. The Bertz CT molecular complexity index is 3910. The largest absolute Gasteiger partial charge is 0.310 e. The second kappa shape index (κ2) is 15.1. The van der Waals surface area contributed by atoms with Gasteiger partial charge in [0.15, 0.2) is 0 Å². The molecule has 2 aliphatic rings. The van der Waals surface area contributed by atoms with Gasteiger partial charge in [-0.15, -0.1) is 0 Å². The zero-order chi connectivity index (χ0) is 44.9. The van der Waals surface area contributed by atoms with E-state index in [-0.39, 0.29) is 0 Å². The Labute approximate surface area is 400 Å². The molecule has 0 N–H and O–H groups in total. The highest BCUT2D eigenvalue weighted by Crippen LogP contribution is 2.67. The summed E-state index contributed by atoms with van der Waals surface area (Å²) in [5.74, 6) is 0. The molecule has 12 aromatic rings. The molecular weight excluding hydrogens is 844 g/mol. The van der Waals surface area contributed by atoms with Crippen LogP contribution in [-0.2, 0) is 5.41 Å². The molecule has 2 nitrogen and oxygen atoms in total. The van der Waals surface area contributed by atoms with E-state index in [2.05, 4.69) is 240 Å². The second-order valence-electron chi connectivity index (χ2n) is 18.1. The third-order valence-corrected chi connectivity index (χ3v) is 14.8. The standard InChI is InChI=1S/C65H41ClN2/c66-45-20-15-25-48(39-45)67(46-21-3-1-4-22-46)49-26-16-27-50(40-49)68(47-23-5-2-6-24-47)60-41-59-64(55-32-14-13-31-54(55)60)63-53-30-12-9-19-44(53)35-38-58(63)65(59)56-36-33-42-17-7-10-28-51(42)61(56)62-52-29-11-8-18-43(52)34-37-57(62)65/h1-41H. The summed E-state index contributed by atoms with van der Waals surface area (Å²) in [7, 11) is 0. The molecule has 1 spiro atoms. The van der Waals surface area contributed by atoms with Gasteiger partial charge in [-0.05, 0) is 149 Å². The highest BCUT2D eigenvalue weighted by molar-refractivity contribution is 6.31. The first-order valence-electron chi connectivity index (χ1n) is 23.4. The van der Waals surface area contributed by atoms with E-state index in [0.717, 1.165) is 34.1 Å². The van der Waals surface area contributed by atoms with Gasteiger partial charge in [0.1, 0.15) is 0 Å². The van der Waals surface area contributed by atoms with Gasteiger partial charge in [-0.2, -0.15) is 0 Å². The summed E-state index contributed by atoms with van der Waals surface area (Å²) in [5.41, 5.74) is 16.2. The molecule has 3 heteroatoms. The van der Waals surface area contributed by atoms with E-state index in [0.29, 0.717) is 5.02 Å². The summed E-state index contributed by atoms with van der Waals surface area (Å²) in [5, 5.41) is 10.7. The van der Waals surface area contributed by atoms with E-state index in [4.69, 9.17) is 11.6 Å². The maximum atomic E-state index is 6.71. The van der Waals surface area contributed by atoms with E-state index >= 15 is 0 Å². The fraction of sp³-hybridized carbons (Fsp3) is 0.0154. The Balaban J connectivity index is 1.11. The summed E-state index contributed by atoms with van der Waals surface area (Å²) in [4.78, 5) is 4.76. The number of fused-ring (bicyclic) bond motifs is 18. The Hall–Kier alpha value is -8.43. The van der Waals surface area contributed by atoms with Crippen LogP contribution in [0.4, 0.5) is 34.1 Å². The van der Waals surface area contributed by atoms with E-state index in [1.807, 2.05) is 18.2 Å². The van der Waals surface area contributed by atoms with Crippen molar-refractivity contribution in [2.75, 3.05) is 9.80 Å². The third kappa shape index (κ3) is 5.53. The molecule has 0 radical (unpaired) electrons. The molecule has 0 heterocycles. The Morgan fingerprint density at radius 1 is 0.265 bits per heavy atom. The molecule has 0 saturated heterocycles. The molecule has 0 saturated carbocycles. The number of hydrogen-bond acceptors (Lipinski definition) is 2. The van der Waals surface area contributed by atoms with Crippen LogP contribution in [0.2, 0.25) is 5.02 Å². The van der Waals surface area contributed by atoms with Crippen molar-refractivity contribution in [2.45, 2.75) is 5.41 Å². The molecule has 0 bridgehead atoms. The first-order chi connectivity index (χ1) is 33.7. The van der Waals surface area contributed by atoms with Crippen LogP contribution in [0, 0.1) is 0 Å². The average molecular weight is 886 g/mol. The minimum absolute atomic E-state index is 0.632. The summed E-state index contributed by atoms with van der Waals surface area (Å²) in [6.07, 6.45) is 0. The van der Waals surface area contributed by atoms with Crippen LogP contribution in [0.3, 0.4) is 0 Å². The normalized spacial score (nSPS) is 12.9. The van der Waals surface area contributed by atoms with Gasteiger partial charge in [0.05, 0.1) is 11.1 Å². The predicted molar refractivity (Wildman–Crippen MR) is 287 cm³/mol. The van der Waals surface area contributed by atoms with Crippen molar-refractivity contribution in [3.63, 3.8) is 0 Å². The van der Waals surface area contributed by atoms with Crippen molar-refractivity contribution >= 4 is 88.8 Å². The Morgan fingerprint density at radius 3 is 1.16 bits per heavy atom. The topological polar surface area (TPSA) is 6.48 Å². The maximum Gasteiger partial charge on any atom is 0.0727 e. The number of para-hydroxylation sites is 2. The van der Waals surface area contributed by atoms with Gasteiger partial charge in [-0.1, -0.05) is 194 Å². The molecule has 0 aromatic heterocycles. The van der Waals surface area contributed by atoms with Gasteiger partial charge in [-0.25, -0.2) is 0 Å². The summed E-state index contributed by atoms with van der Waals surface area (Å²) in [6, 6.07) is 91.4. The lowest BCUT2D eigenvalue weighted by Gasteiger charge is -2.33. The molecule has 0 fully saturated rings. The molecule has 0 amide bonds. The van der Waals surface area contributed by atoms with Crippen LogP contribution >= 0.6 is 11.6 Å². The second-order valence-corrected chi connectivity index (χ2v) is 18.5. The minimum Gasteiger partial charge on any atom is -0.310 e. The van der Waals surface area contributed by atoms with E-state index in [9.17, 15) is 0 Å². The van der Waals surface area contributed by atoms with Crippen molar-refractivity contribution < 1.29 is 0 Å². The first-order valence-corrected chi connectivity index (χ1v) is 23.7. The van der Waals surface area contributed by atoms with Crippen LogP contribution < -0.4 is 9.80 Å². The van der Waals surface area contributed by atoms with Crippen LogP contribution in [0.15, 0.2) is 249 Å². The molecule has 2 aliphatic carbocycles. The van der Waals surface area contributed by atoms with Crippen molar-refractivity contribution in [2.24, 2.45) is 0 Å². The number of benzene rings is 12. The summed E-state index contributed by atoms with van der Waals surface area (Å²) < 4.78 is 0. The van der Waals surface area contributed by atoms with Crippen LogP contribution in [0.1, 0.15) is 22.3 Å². The smallest absolute Gasteiger partial charge is 0.0727 e. The maximum absolute atomic E-state index is 6.71. The molecule has 0 atom stereocenters. The van der Waals surface area contributed by atoms with Gasteiger partial charge in [0.25, 0.3) is 0 Å². The zero-order valence-corrected chi connectivity index (χ0v) is 37.7. The van der Waals surface area contributed by atoms with E-state index in [1.54, 1.807) is 0 Å². The summed E-state index contributed by atoms with van der Waals surface area (Å²) in [6.45, 7) is 0. The van der Waals surface area contributed by atoms with Crippen molar-refractivity contribution in [3.8, 4) is 22.3 Å². The molecule has 0 unspecified atom stereocenters. The van der Waals surface area contributed by atoms with Crippen LogP contribution in [-0.4, -0.2) is 0 Å². The van der Waals surface area contributed by atoms with E-state index in [1.165, 1.54) is 87.6 Å². The predicted octanol–water partition coefficient (Wildman–Crippen LogP) is 18.2. The quantitative estimate of drug-likeness (QED) is 0.164. The lowest BCUT2D eigenvalue weighted by atomic mass is 9.69. The number of rotatable bonds is 6. The van der Waals surface area contributed by atoms with Crippen molar-refractivity contribution in [1.82, 2.24) is 0 Å². The highest BCUT2D eigenvalue weighted by atomic mass is 35.5. The van der Waals surface area contributed by atoms with Gasteiger partial charge < -0.3 is 9.80 Å².